The third-order valence-corrected chi connectivity index (χ3v) is 3.61. The molecule has 5 heteroatoms. The van der Waals surface area contributed by atoms with Gasteiger partial charge < -0.3 is 14.4 Å². The zero-order valence-electron chi connectivity index (χ0n) is 10.1. The standard InChI is InChI=1S/C12H18N2O3/c1-16-6-11-4-10(13-17-11)5-14-7-12(15,8-14)9-2-3-9/h4,9,15H,2-3,5-8H2,1H3. The molecule has 1 aromatic rings. The number of ether oxygens (including phenoxy) is 1. The van der Waals surface area contributed by atoms with Crippen LogP contribution < -0.4 is 0 Å². The molecule has 17 heavy (non-hydrogen) atoms. The molecule has 0 spiro atoms. The van der Waals surface area contributed by atoms with Crippen LogP contribution in [-0.2, 0) is 17.9 Å². The average Bonchev–Trinajstić information content (AvgIpc) is 3.01. The minimum Gasteiger partial charge on any atom is -0.387 e. The molecular weight excluding hydrogens is 220 g/mol. The van der Waals surface area contributed by atoms with Gasteiger partial charge in [0, 0.05) is 32.8 Å². The average molecular weight is 238 g/mol. The lowest BCUT2D eigenvalue weighted by molar-refractivity contribution is -0.117. The molecule has 94 valence electrons. The summed E-state index contributed by atoms with van der Waals surface area (Å²) in [4.78, 5) is 2.20. The number of rotatable bonds is 5. The van der Waals surface area contributed by atoms with Gasteiger partial charge in [-0.1, -0.05) is 5.16 Å². The smallest absolute Gasteiger partial charge is 0.162 e. The van der Waals surface area contributed by atoms with Gasteiger partial charge in [-0.15, -0.1) is 0 Å². The Balaban J connectivity index is 1.51. The van der Waals surface area contributed by atoms with Gasteiger partial charge in [-0.3, -0.25) is 4.90 Å². The van der Waals surface area contributed by atoms with E-state index in [0.29, 0.717) is 12.5 Å². The maximum atomic E-state index is 10.2. The molecule has 2 heterocycles. The van der Waals surface area contributed by atoms with Crippen molar-refractivity contribution in [2.45, 2.75) is 31.6 Å². The summed E-state index contributed by atoms with van der Waals surface area (Å²) in [6.07, 6.45) is 2.37. The van der Waals surface area contributed by atoms with Crippen molar-refractivity contribution in [2.24, 2.45) is 5.92 Å². The number of hydrogen-bond acceptors (Lipinski definition) is 5. The molecule has 0 unspecified atom stereocenters. The van der Waals surface area contributed by atoms with E-state index in [1.165, 1.54) is 12.8 Å². The minimum atomic E-state index is -0.418. The summed E-state index contributed by atoms with van der Waals surface area (Å²) < 4.78 is 10.1. The summed E-state index contributed by atoms with van der Waals surface area (Å²) >= 11 is 0. The number of nitrogens with zero attached hydrogens (tertiary/aromatic N) is 2. The SMILES string of the molecule is COCc1cc(CN2CC(O)(C3CC3)C2)no1. The summed E-state index contributed by atoms with van der Waals surface area (Å²) in [6, 6.07) is 1.91. The van der Waals surface area contributed by atoms with E-state index < -0.39 is 5.60 Å². The topological polar surface area (TPSA) is 58.7 Å². The molecule has 0 atom stereocenters. The Kier molecular flexibility index (Phi) is 2.69. The van der Waals surface area contributed by atoms with Gasteiger partial charge in [0.05, 0.1) is 11.3 Å². The molecule has 2 aliphatic rings. The molecule has 5 nitrogen and oxygen atoms in total. The third-order valence-electron chi connectivity index (χ3n) is 3.61. The van der Waals surface area contributed by atoms with Gasteiger partial charge in [-0.2, -0.15) is 0 Å². The second-order valence-corrected chi connectivity index (χ2v) is 5.24. The molecular formula is C12H18N2O3. The Morgan fingerprint density at radius 3 is 3.00 bits per heavy atom. The van der Waals surface area contributed by atoms with E-state index in [-0.39, 0.29) is 0 Å². The quantitative estimate of drug-likeness (QED) is 0.821. The minimum absolute atomic E-state index is 0.418. The highest BCUT2D eigenvalue weighted by Crippen LogP contribution is 2.44. The van der Waals surface area contributed by atoms with E-state index in [0.717, 1.165) is 31.1 Å². The number of aliphatic hydroxyl groups is 1. The molecule has 0 radical (unpaired) electrons. The predicted octanol–water partition coefficient (Wildman–Crippen LogP) is 0.778. The van der Waals surface area contributed by atoms with Crippen molar-refractivity contribution in [1.29, 1.82) is 0 Å². The van der Waals surface area contributed by atoms with Gasteiger partial charge in [0.25, 0.3) is 0 Å². The van der Waals surface area contributed by atoms with E-state index in [4.69, 9.17) is 9.26 Å². The van der Waals surface area contributed by atoms with Crippen LogP contribution in [0.5, 0.6) is 0 Å². The zero-order chi connectivity index (χ0) is 11.9. The lowest BCUT2D eigenvalue weighted by Gasteiger charge is -2.46. The second kappa shape index (κ2) is 4.08. The van der Waals surface area contributed by atoms with E-state index in [2.05, 4.69) is 10.1 Å². The van der Waals surface area contributed by atoms with Crippen molar-refractivity contribution in [3.63, 3.8) is 0 Å². The van der Waals surface area contributed by atoms with Crippen LogP contribution in [0.25, 0.3) is 0 Å². The molecule has 1 N–H and O–H groups in total. The Hall–Kier alpha value is -0.910. The van der Waals surface area contributed by atoms with Crippen molar-refractivity contribution in [3.05, 3.63) is 17.5 Å². The van der Waals surface area contributed by atoms with Gasteiger partial charge >= 0.3 is 0 Å². The van der Waals surface area contributed by atoms with Crippen LogP contribution in [-0.4, -0.2) is 41.0 Å². The first-order chi connectivity index (χ1) is 8.19. The number of likely N-dealkylation sites (tertiary alicyclic amines) is 1. The number of methoxy groups -OCH3 is 1. The summed E-state index contributed by atoms with van der Waals surface area (Å²) in [5.74, 6) is 1.29. The third kappa shape index (κ3) is 2.22. The summed E-state index contributed by atoms with van der Waals surface area (Å²) in [7, 11) is 1.63. The van der Waals surface area contributed by atoms with E-state index >= 15 is 0 Å². The highest BCUT2D eigenvalue weighted by molar-refractivity contribution is 5.09. The van der Waals surface area contributed by atoms with E-state index in [1.807, 2.05) is 6.07 Å². The first-order valence-corrected chi connectivity index (χ1v) is 6.08. The molecule has 1 aliphatic heterocycles. The zero-order valence-corrected chi connectivity index (χ0v) is 10.1. The summed E-state index contributed by atoms with van der Waals surface area (Å²) in [5.41, 5.74) is 0.494. The number of hydrogen-bond donors (Lipinski definition) is 1. The van der Waals surface area contributed by atoms with Crippen LogP contribution in [0.4, 0.5) is 0 Å². The molecule has 1 saturated carbocycles. The first kappa shape index (κ1) is 11.2. The molecule has 1 aromatic heterocycles. The highest BCUT2D eigenvalue weighted by Gasteiger charge is 2.51. The fourth-order valence-electron chi connectivity index (χ4n) is 2.59. The van der Waals surface area contributed by atoms with Crippen LogP contribution in [0.2, 0.25) is 0 Å². The molecule has 0 bridgehead atoms. The van der Waals surface area contributed by atoms with E-state index in [1.54, 1.807) is 7.11 Å². The van der Waals surface area contributed by atoms with Crippen LogP contribution in [0.1, 0.15) is 24.3 Å². The molecule has 3 rings (SSSR count). The van der Waals surface area contributed by atoms with Crippen molar-refractivity contribution in [3.8, 4) is 0 Å². The van der Waals surface area contributed by atoms with Crippen molar-refractivity contribution < 1.29 is 14.4 Å². The number of β-amino-alcohol motifs (C(OH)–C–C–N with tert-alkyl or cyclic N) is 1. The normalized spacial score (nSPS) is 23.6. The van der Waals surface area contributed by atoms with Crippen LogP contribution >= 0.6 is 0 Å². The van der Waals surface area contributed by atoms with Crippen molar-refractivity contribution in [1.82, 2.24) is 10.1 Å². The monoisotopic (exact) mass is 238 g/mol. The summed E-state index contributed by atoms with van der Waals surface area (Å²) in [6.45, 7) is 2.75. The lowest BCUT2D eigenvalue weighted by Crippen LogP contribution is -2.62. The van der Waals surface area contributed by atoms with Crippen molar-refractivity contribution in [2.75, 3.05) is 20.2 Å². The van der Waals surface area contributed by atoms with Gasteiger partial charge in [0.1, 0.15) is 6.61 Å². The van der Waals surface area contributed by atoms with Crippen LogP contribution in [0.3, 0.4) is 0 Å². The maximum Gasteiger partial charge on any atom is 0.162 e. The Morgan fingerprint density at radius 1 is 1.59 bits per heavy atom. The highest BCUT2D eigenvalue weighted by atomic mass is 16.5. The van der Waals surface area contributed by atoms with Gasteiger partial charge in [0.15, 0.2) is 5.76 Å². The Bertz CT molecular complexity index is 394. The number of aromatic nitrogens is 1. The fraction of sp³-hybridized carbons (Fsp3) is 0.750. The van der Waals surface area contributed by atoms with Crippen LogP contribution in [0, 0.1) is 5.92 Å². The summed E-state index contributed by atoms with van der Waals surface area (Å²) in [5, 5.41) is 14.2. The van der Waals surface area contributed by atoms with Crippen molar-refractivity contribution >= 4 is 0 Å². The van der Waals surface area contributed by atoms with Gasteiger partial charge in [-0.25, -0.2) is 0 Å². The van der Waals surface area contributed by atoms with Gasteiger partial charge in [-0.05, 0) is 18.8 Å². The van der Waals surface area contributed by atoms with Gasteiger partial charge in [0.2, 0.25) is 0 Å². The lowest BCUT2D eigenvalue weighted by atomic mass is 9.88. The fourth-order valence-corrected chi connectivity index (χ4v) is 2.59. The van der Waals surface area contributed by atoms with Crippen LogP contribution in [0.15, 0.2) is 10.6 Å². The maximum absolute atomic E-state index is 10.2. The predicted molar refractivity (Wildman–Crippen MR) is 60.2 cm³/mol. The molecule has 0 aromatic carbocycles. The Labute approximate surface area is 100 Å². The second-order valence-electron chi connectivity index (χ2n) is 5.24. The largest absolute Gasteiger partial charge is 0.387 e. The molecule has 1 aliphatic carbocycles. The molecule has 0 amide bonds. The first-order valence-electron chi connectivity index (χ1n) is 6.08. The molecule has 2 fully saturated rings. The Morgan fingerprint density at radius 2 is 2.35 bits per heavy atom. The molecule has 1 saturated heterocycles. The van der Waals surface area contributed by atoms with E-state index in [9.17, 15) is 5.11 Å².